The minimum absolute atomic E-state index is 0.0399. The summed E-state index contributed by atoms with van der Waals surface area (Å²) in [7, 11) is 2.09. The van der Waals surface area contributed by atoms with Gasteiger partial charge in [-0.3, -0.25) is 14.8 Å². The number of carbonyl (C=O) groups is 1. The van der Waals surface area contributed by atoms with Gasteiger partial charge in [-0.25, -0.2) is 0 Å². The zero-order valence-corrected chi connectivity index (χ0v) is 11.2. The lowest BCUT2D eigenvalue weighted by molar-refractivity contribution is -0.122. The van der Waals surface area contributed by atoms with Gasteiger partial charge >= 0.3 is 0 Å². The number of nitrogens with one attached hydrogen (secondary N) is 2. The Labute approximate surface area is 107 Å². The number of hydrogen-bond donors (Lipinski definition) is 2. The summed E-state index contributed by atoms with van der Waals surface area (Å²) in [5.41, 5.74) is 2.21. The largest absolute Gasteiger partial charge is 0.309 e. The summed E-state index contributed by atoms with van der Waals surface area (Å²) in [6, 6.07) is 0. The van der Waals surface area contributed by atoms with E-state index in [1.165, 1.54) is 6.42 Å². The van der Waals surface area contributed by atoms with Crippen LogP contribution < -0.4 is 5.32 Å². The van der Waals surface area contributed by atoms with Crippen LogP contribution in [0.25, 0.3) is 0 Å². The van der Waals surface area contributed by atoms with Gasteiger partial charge in [0.15, 0.2) is 5.82 Å². The van der Waals surface area contributed by atoms with Crippen LogP contribution in [0.2, 0.25) is 0 Å². The van der Waals surface area contributed by atoms with Crippen molar-refractivity contribution in [2.75, 3.05) is 12.4 Å². The van der Waals surface area contributed by atoms with Gasteiger partial charge < -0.3 is 5.32 Å². The Morgan fingerprint density at radius 2 is 2.22 bits per heavy atom. The number of fused-ring (bicyclic) bond motifs is 1. The van der Waals surface area contributed by atoms with Gasteiger partial charge in [-0.2, -0.15) is 5.10 Å². The van der Waals surface area contributed by atoms with Crippen molar-refractivity contribution in [1.82, 2.24) is 15.1 Å². The first kappa shape index (κ1) is 11.7. The normalized spacial score (nSPS) is 22.6. The maximum absolute atomic E-state index is 12.0. The van der Waals surface area contributed by atoms with Crippen molar-refractivity contribution in [1.29, 1.82) is 0 Å². The number of aromatic amines is 1. The van der Waals surface area contributed by atoms with Crippen molar-refractivity contribution in [3.05, 3.63) is 11.3 Å². The fraction of sp³-hybridized carbons (Fsp3) is 0.692. The van der Waals surface area contributed by atoms with E-state index in [0.717, 1.165) is 36.5 Å². The number of H-pyrrole nitrogens is 1. The number of rotatable bonds is 2. The second kappa shape index (κ2) is 3.82. The molecular formula is C13H20N4O. The molecule has 0 unspecified atom stereocenters. The van der Waals surface area contributed by atoms with Crippen molar-refractivity contribution >= 4 is 11.7 Å². The van der Waals surface area contributed by atoms with Crippen LogP contribution in [-0.2, 0) is 16.9 Å². The van der Waals surface area contributed by atoms with Crippen LogP contribution in [0.15, 0.2) is 0 Å². The molecule has 2 N–H and O–H groups in total. The Bertz CT molecular complexity index is 487. The molecule has 2 aliphatic rings. The predicted molar refractivity (Wildman–Crippen MR) is 69.1 cm³/mol. The summed E-state index contributed by atoms with van der Waals surface area (Å²) in [6.07, 6.45) is 3.21. The molecule has 5 nitrogen and oxygen atoms in total. The molecule has 3 rings (SSSR count). The Balaban J connectivity index is 1.81. The highest BCUT2D eigenvalue weighted by atomic mass is 16.2. The highest BCUT2D eigenvalue weighted by molar-refractivity contribution is 5.93. The van der Waals surface area contributed by atoms with Gasteiger partial charge in [0.2, 0.25) is 5.91 Å². The van der Waals surface area contributed by atoms with Crippen molar-refractivity contribution in [3.63, 3.8) is 0 Å². The molecule has 18 heavy (non-hydrogen) atoms. The molecule has 1 amide bonds. The van der Waals surface area contributed by atoms with Crippen LogP contribution in [0.1, 0.15) is 44.4 Å². The van der Waals surface area contributed by atoms with Crippen molar-refractivity contribution < 1.29 is 4.79 Å². The maximum Gasteiger partial charge on any atom is 0.228 e. The van der Waals surface area contributed by atoms with Crippen LogP contribution >= 0.6 is 0 Å². The average molecular weight is 248 g/mol. The van der Waals surface area contributed by atoms with Gasteiger partial charge in [-0.05, 0) is 33.7 Å². The van der Waals surface area contributed by atoms with E-state index in [0.29, 0.717) is 0 Å². The van der Waals surface area contributed by atoms with E-state index in [4.69, 9.17) is 0 Å². The van der Waals surface area contributed by atoms with Crippen molar-refractivity contribution in [2.45, 2.75) is 45.2 Å². The number of amides is 1. The first-order chi connectivity index (χ1) is 8.50. The molecule has 5 heteroatoms. The molecule has 1 aliphatic carbocycles. The smallest absolute Gasteiger partial charge is 0.228 e. The lowest BCUT2D eigenvalue weighted by Gasteiger charge is -2.27. The van der Waals surface area contributed by atoms with E-state index in [1.54, 1.807) is 0 Å². The van der Waals surface area contributed by atoms with Crippen LogP contribution in [0, 0.1) is 5.92 Å². The molecule has 0 saturated heterocycles. The molecule has 1 aliphatic heterocycles. The topological polar surface area (TPSA) is 61.0 Å². The van der Waals surface area contributed by atoms with Crippen molar-refractivity contribution in [2.24, 2.45) is 5.92 Å². The second-order valence-electron chi connectivity index (χ2n) is 5.96. The summed E-state index contributed by atoms with van der Waals surface area (Å²) >= 11 is 0. The van der Waals surface area contributed by atoms with Gasteiger partial charge in [0, 0.05) is 18.0 Å². The van der Waals surface area contributed by atoms with E-state index >= 15 is 0 Å². The Kier molecular flexibility index (Phi) is 2.48. The molecular weight excluding hydrogens is 228 g/mol. The maximum atomic E-state index is 12.0. The first-order valence-corrected chi connectivity index (χ1v) is 6.60. The number of carbonyl (C=O) groups excluding carboxylic acids is 1. The fourth-order valence-electron chi connectivity index (χ4n) is 2.64. The van der Waals surface area contributed by atoms with Crippen LogP contribution in [0.5, 0.6) is 0 Å². The van der Waals surface area contributed by atoms with Gasteiger partial charge in [0.1, 0.15) is 0 Å². The zero-order valence-electron chi connectivity index (χ0n) is 11.2. The number of nitrogens with zero attached hydrogens (tertiary/aromatic N) is 2. The first-order valence-electron chi connectivity index (χ1n) is 6.60. The summed E-state index contributed by atoms with van der Waals surface area (Å²) < 4.78 is 0. The molecule has 1 aromatic rings. The Morgan fingerprint density at radius 3 is 2.83 bits per heavy atom. The second-order valence-corrected chi connectivity index (χ2v) is 5.96. The molecule has 2 heterocycles. The van der Waals surface area contributed by atoms with Gasteiger partial charge in [0.25, 0.3) is 0 Å². The lowest BCUT2D eigenvalue weighted by Crippen LogP contribution is -2.32. The Morgan fingerprint density at radius 1 is 1.50 bits per heavy atom. The standard InChI is InChI=1S/C13H20N4O/c1-13(2)10-9(7-17(13)3)11(16-15-10)14-12(18)8-5-4-6-8/h8H,4-7H2,1-3H3,(H2,14,15,16,18). The fourth-order valence-corrected chi connectivity index (χ4v) is 2.64. The highest BCUT2D eigenvalue weighted by Gasteiger charge is 2.39. The molecule has 1 aromatic heterocycles. The van der Waals surface area contributed by atoms with E-state index in [-0.39, 0.29) is 17.4 Å². The molecule has 0 aromatic carbocycles. The third-order valence-corrected chi connectivity index (χ3v) is 4.55. The average Bonchev–Trinajstić information content (AvgIpc) is 2.67. The molecule has 0 radical (unpaired) electrons. The zero-order chi connectivity index (χ0) is 12.9. The van der Waals surface area contributed by atoms with E-state index in [1.807, 2.05) is 0 Å². The van der Waals surface area contributed by atoms with Crippen LogP contribution in [-0.4, -0.2) is 28.1 Å². The lowest BCUT2D eigenvalue weighted by atomic mass is 9.85. The van der Waals surface area contributed by atoms with E-state index in [9.17, 15) is 4.79 Å². The van der Waals surface area contributed by atoms with Crippen molar-refractivity contribution in [3.8, 4) is 0 Å². The predicted octanol–water partition coefficient (Wildman–Crippen LogP) is 1.83. The third kappa shape index (κ3) is 1.57. The van der Waals surface area contributed by atoms with Gasteiger partial charge in [-0.15, -0.1) is 0 Å². The highest BCUT2D eigenvalue weighted by Crippen LogP contribution is 2.39. The summed E-state index contributed by atoms with van der Waals surface area (Å²) in [5.74, 6) is 1.05. The van der Waals surface area contributed by atoms with Crippen LogP contribution in [0.4, 0.5) is 5.82 Å². The molecule has 1 fully saturated rings. The third-order valence-electron chi connectivity index (χ3n) is 4.55. The van der Waals surface area contributed by atoms with E-state index < -0.39 is 0 Å². The monoisotopic (exact) mass is 248 g/mol. The number of hydrogen-bond acceptors (Lipinski definition) is 3. The minimum atomic E-state index is -0.0399. The molecule has 1 saturated carbocycles. The summed E-state index contributed by atoms with van der Waals surface area (Å²) in [4.78, 5) is 14.2. The van der Waals surface area contributed by atoms with Gasteiger partial charge in [0.05, 0.1) is 11.2 Å². The quantitative estimate of drug-likeness (QED) is 0.839. The van der Waals surface area contributed by atoms with Crippen LogP contribution in [0.3, 0.4) is 0 Å². The van der Waals surface area contributed by atoms with E-state index in [2.05, 4.69) is 41.3 Å². The molecule has 0 spiro atoms. The summed E-state index contributed by atoms with van der Waals surface area (Å²) in [5, 5.41) is 10.3. The molecule has 0 bridgehead atoms. The Hall–Kier alpha value is -1.36. The molecule has 0 atom stereocenters. The molecule has 98 valence electrons. The number of anilines is 1. The summed E-state index contributed by atoms with van der Waals surface area (Å²) in [6.45, 7) is 5.15. The SMILES string of the molecule is CN1Cc2c(NC(=O)C3CCC3)n[nH]c2C1(C)C. The number of aromatic nitrogens is 2. The van der Waals surface area contributed by atoms with Gasteiger partial charge in [-0.1, -0.05) is 6.42 Å². The minimum Gasteiger partial charge on any atom is -0.309 e.